The van der Waals surface area contributed by atoms with Crippen LogP contribution in [0.2, 0.25) is 0 Å². The van der Waals surface area contributed by atoms with Gasteiger partial charge in [-0.05, 0) is 49.3 Å². The molecule has 2 fully saturated rings. The summed E-state index contributed by atoms with van der Waals surface area (Å²) in [6.07, 6.45) is 7.91. The molecule has 3 nitrogen and oxygen atoms in total. The van der Waals surface area contributed by atoms with Crippen LogP contribution < -0.4 is 4.90 Å². The van der Waals surface area contributed by atoms with Crippen LogP contribution in [-0.2, 0) is 6.61 Å². The number of hydrogen-bond acceptors (Lipinski definition) is 3. The smallest absolute Gasteiger partial charge is 0.101 e. The van der Waals surface area contributed by atoms with Crippen LogP contribution in [0.1, 0.15) is 49.7 Å². The van der Waals surface area contributed by atoms with Gasteiger partial charge in [-0.2, -0.15) is 5.26 Å². The first-order valence-electron chi connectivity index (χ1n) is 7.74. The van der Waals surface area contributed by atoms with Gasteiger partial charge in [0, 0.05) is 12.6 Å². The molecular weight excluding hydrogens is 248 g/mol. The molecule has 1 unspecified atom stereocenters. The zero-order valence-corrected chi connectivity index (χ0v) is 11.9. The minimum absolute atomic E-state index is 0.00101. The van der Waals surface area contributed by atoms with Crippen LogP contribution >= 0.6 is 0 Å². The Morgan fingerprint density at radius 1 is 1.20 bits per heavy atom. The van der Waals surface area contributed by atoms with Crippen LogP contribution in [0.5, 0.6) is 0 Å². The highest BCUT2D eigenvalue weighted by molar-refractivity contribution is 5.61. The number of aliphatic hydroxyl groups is 1. The van der Waals surface area contributed by atoms with E-state index in [1.54, 1.807) is 0 Å². The Kier molecular flexibility index (Phi) is 3.93. The predicted molar refractivity (Wildman–Crippen MR) is 79.4 cm³/mol. The van der Waals surface area contributed by atoms with Gasteiger partial charge in [0.2, 0.25) is 0 Å². The summed E-state index contributed by atoms with van der Waals surface area (Å²) in [5.74, 6) is 0.807. The molecule has 1 N–H and O–H groups in total. The van der Waals surface area contributed by atoms with Crippen LogP contribution in [0.4, 0.5) is 5.69 Å². The molecule has 1 atom stereocenters. The maximum absolute atomic E-state index is 9.39. The lowest BCUT2D eigenvalue weighted by atomic mass is 9.95. The Balaban J connectivity index is 1.89. The van der Waals surface area contributed by atoms with Gasteiger partial charge in [-0.3, -0.25) is 0 Å². The fraction of sp³-hybridized carbons (Fsp3) is 0.588. The van der Waals surface area contributed by atoms with Crippen LogP contribution in [0, 0.1) is 17.2 Å². The van der Waals surface area contributed by atoms with Crippen LogP contribution in [0.25, 0.3) is 0 Å². The summed E-state index contributed by atoms with van der Waals surface area (Å²) in [4.78, 5) is 2.45. The van der Waals surface area contributed by atoms with Crippen molar-refractivity contribution in [1.29, 1.82) is 5.26 Å². The molecule has 20 heavy (non-hydrogen) atoms. The summed E-state index contributed by atoms with van der Waals surface area (Å²) in [5, 5.41) is 18.6. The predicted octanol–water partition coefficient (Wildman–Crippen LogP) is 3.21. The van der Waals surface area contributed by atoms with Gasteiger partial charge in [-0.25, -0.2) is 0 Å². The van der Waals surface area contributed by atoms with Crippen molar-refractivity contribution in [2.45, 2.75) is 51.2 Å². The van der Waals surface area contributed by atoms with Crippen molar-refractivity contribution >= 4 is 5.69 Å². The molecule has 0 amide bonds. The lowest BCUT2D eigenvalue weighted by Gasteiger charge is -2.32. The third-order valence-corrected chi connectivity index (χ3v) is 4.92. The summed E-state index contributed by atoms with van der Waals surface area (Å²) >= 11 is 0. The van der Waals surface area contributed by atoms with Gasteiger partial charge in [0.15, 0.2) is 0 Å². The van der Waals surface area contributed by atoms with Crippen molar-refractivity contribution in [3.8, 4) is 6.07 Å². The lowest BCUT2D eigenvalue weighted by Crippen LogP contribution is -2.35. The Bertz CT molecular complexity index is 514. The van der Waals surface area contributed by atoms with E-state index in [1.165, 1.54) is 38.5 Å². The van der Waals surface area contributed by atoms with Gasteiger partial charge in [-0.1, -0.05) is 18.9 Å². The third kappa shape index (κ3) is 2.41. The normalized spacial score (nSPS) is 23.2. The summed E-state index contributed by atoms with van der Waals surface area (Å²) in [5.41, 5.74) is 2.60. The number of aliphatic hydroxyl groups excluding tert-OH is 1. The molecule has 1 saturated heterocycles. The Hall–Kier alpha value is -1.53. The van der Waals surface area contributed by atoms with Crippen molar-refractivity contribution in [3.05, 3.63) is 29.3 Å². The van der Waals surface area contributed by atoms with Gasteiger partial charge in [0.25, 0.3) is 0 Å². The fourth-order valence-corrected chi connectivity index (χ4v) is 3.95. The lowest BCUT2D eigenvalue weighted by molar-refractivity contribution is 0.282. The summed E-state index contributed by atoms with van der Waals surface area (Å²) in [6, 6.07) is 8.72. The van der Waals surface area contributed by atoms with Crippen LogP contribution in [-0.4, -0.2) is 17.7 Å². The zero-order valence-electron chi connectivity index (χ0n) is 11.9. The summed E-state index contributed by atoms with van der Waals surface area (Å²) < 4.78 is 0. The van der Waals surface area contributed by atoms with E-state index in [-0.39, 0.29) is 6.61 Å². The molecule has 106 valence electrons. The molecule has 1 aliphatic carbocycles. The molecule has 0 bridgehead atoms. The number of rotatable bonds is 3. The van der Waals surface area contributed by atoms with E-state index in [0.29, 0.717) is 11.6 Å². The highest BCUT2D eigenvalue weighted by Crippen LogP contribution is 2.38. The third-order valence-electron chi connectivity index (χ3n) is 4.92. The van der Waals surface area contributed by atoms with E-state index in [9.17, 15) is 10.4 Å². The average Bonchev–Trinajstić information content (AvgIpc) is 3.16. The monoisotopic (exact) mass is 270 g/mol. The van der Waals surface area contributed by atoms with Crippen molar-refractivity contribution in [3.63, 3.8) is 0 Å². The summed E-state index contributed by atoms with van der Waals surface area (Å²) in [7, 11) is 0. The second kappa shape index (κ2) is 5.85. The zero-order chi connectivity index (χ0) is 13.9. The topological polar surface area (TPSA) is 47.3 Å². The Morgan fingerprint density at radius 3 is 2.70 bits per heavy atom. The van der Waals surface area contributed by atoms with Crippen LogP contribution in [0.3, 0.4) is 0 Å². The SMILES string of the molecule is N#Cc1cc(CO)ccc1N1CCCC1C1CCCC1. The maximum Gasteiger partial charge on any atom is 0.101 e. The Morgan fingerprint density at radius 2 is 2.00 bits per heavy atom. The molecular formula is C17H22N2O. The van der Waals surface area contributed by atoms with E-state index < -0.39 is 0 Å². The van der Waals surface area contributed by atoms with E-state index in [2.05, 4.69) is 11.0 Å². The minimum atomic E-state index is 0.00101. The first-order valence-corrected chi connectivity index (χ1v) is 7.74. The Labute approximate surface area is 120 Å². The van der Waals surface area contributed by atoms with Gasteiger partial charge in [0.05, 0.1) is 17.9 Å². The number of benzene rings is 1. The molecule has 0 aromatic heterocycles. The average molecular weight is 270 g/mol. The van der Waals surface area contributed by atoms with Gasteiger partial charge in [0.1, 0.15) is 6.07 Å². The first-order chi connectivity index (χ1) is 9.83. The van der Waals surface area contributed by atoms with E-state index in [4.69, 9.17) is 0 Å². The van der Waals surface area contributed by atoms with Crippen LogP contribution in [0.15, 0.2) is 18.2 Å². The molecule has 0 spiro atoms. The molecule has 1 heterocycles. The van der Waals surface area contributed by atoms with Crippen molar-refractivity contribution < 1.29 is 5.11 Å². The number of nitriles is 1. The fourth-order valence-electron chi connectivity index (χ4n) is 3.95. The second-order valence-corrected chi connectivity index (χ2v) is 6.07. The molecule has 3 heteroatoms. The highest BCUT2D eigenvalue weighted by atomic mass is 16.3. The molecule has 1 aromatic rings. The quantitative estimate of drug-likeness (QED) is 0.917. The molecule has 2 aliphatic rings. The number of hydrogen-bond donors (Lipinski definition) is 1. The number of anilines is 1. The van der Waals surface area contributed by atoms with E-state index in [1.807, 2.05) is 18.2 Å². The van der Waals surface area contributed by atoms with Crippen molar-refractivity contribution in [2.24, 2.45) is 5.92 Å². The van der Waals surface area contributed by atoms with Crippen molar-refractivity contribution in [1.82, 2.24) is 0 Å². The second-order valence-electron chi connectivity index (χ2n) is 6.07. The molecule has 1 aromatic carbocycles. The molecule has 1 saturated carbocycles. The van der Waals surface area contributed by atoms with E-state index >= 15 is 0 Å². The largest absolute Gasteiger partial charge is 0.392 e. The summed E-state index contributed by atoms with van der Waals surface area (Å²) in [6.45, 7) is 1.06. The minimum Gasteiger partial charge on any atom is -0.392 e. The molecule has 0 radical (unpaired) electrons. The standard InChI is InChI=1S/C17H22N2O/c18-11-15-10-13(12-20)7-8-17(15)19-9-3-6-16(19)14-4-1-2-5-14/h7-8,10,14,16,20H,1-6,9,12H2. The maximum atomic E-state index is 9.39. The highest BCUT2D eigenvalue weighted by Gasteiger charge is 2.34. The number of nitrogens with zero attached hydrogens (tertiary/aromatic N) is 2. The van der Waals surface area contributed by atoms with Gasteiger partial charge < -0.3 is 10.0 Å². The first kappa shape index (κ1) is 13.5. The van der Waals surface area contributed by atoms with Gasteiger partial charge >= 0.3 is 0 Å². The molecule has 3 rings (SSSR count). The van der Waals surface area contributed by atoms with Crippen molar-refractivity contribution in [2.75, 3.05) is 11.4 Å². The van der Waals surface area contributed by atoms with E-state index in [0.717, 1.165) is 23.7 Å². The molecule has 1 aliphatic heterocycles. The van der Waals surface area contributed by atoms with Gasteiger partial charge in [-0.15, -0.1) is 0 Å².